The van der Waals surface area contributed by atoms with Crippen molar-refractivity contribution in [1.82, 2.24) is 9.47 Å². The third-order valence-corrected chi connectivity index (χ3v) is 7.64. The molecule has 1 aromatic heterocycles. The van der Waals surface area contributed by atoms with Crippen molar-refractivity contribution in [2.75, 3.05) is 7.11 Å². The van der Waals surface area contributed by atoms with Gasteiger partial charge >= 0.3 is 0 Å². The fourth-order valence-corrected chi connectivity index (χ4v) is 6.07. The van der Waals surface area contributed by atoms with Crippen LogP contribution in [-0.2, 0) is 24.2 Å². The lowest BCUT2D eigenvalue weighted by Crippen LogP contribution is -2.43. The largest absolute Gasteiger partial charge is 0.497 e. The molecule has 170 valence electrons. The minimum Gasteiger partial charge on any atom is -0.497 e. The molecule has 4 rings (SSSR count). The molecule has 2 aliphatic rings. The molecule has 1 aliphatic heterocycles. The van der Waals surface area contributed by atoms with Crippen molar-refractivity contribution in [1.29, 1.82) is 0 Å². The minimum atomic E-state index is 0.273. The number of aromatic nitrogens is 1. The van der Waals surface area contributed by atoms with E-state index >= 15 is 0 Å². The maximum absolute atomic E-state index is 13.8. The van der Waals surface area contributed by atoms with Crippen molar-refractivity contribution in [2.45, 2.75) is 104 Å². The number of ether oxygens (including phenoxy) is 1. The van der Waals surface area contributed by atoms with E-state index in [0.29, 0.717) is 24.5 Å². The van der Waals surface area contributed by atoms with Crippen LogP contribution in [0.1, 0.15) is 83.9 Å². The van der Waals surface area contributed by atoms with Gasteiger partial charge in [0.2, 0.25) is 5.91 Å². The van der Waals surface area contributed by atoms with E-state index in [0.717, 1.165) is 62.6 Å². The Balaban J connectivity index is 1.73. The predicted octanol–water partition coefficient (Wildman–Crippen LogP) is 6.12. The quantitative estimate of drug-likeness (QED) is 0.536. The van der Waals surface area contributed by atoms with Crippen LogP contribution in [0.15, 0.2) is 18.2 Å². The number of carbonyl (C=O) groups is 1. The summed E-state index contributed by atoms with van der Waals surface area (Å²) in [5.41, 5.74) is 4.25. The van der Waals surface area contributed by atoms with Crippen LogP contribution < -0.4 is 4.74 Å². The van der Waals surface area contributed by atoms with Gasteiger partial charge in [0.25, 0.3) is 0 Å². The highest BCUT2D eigenvalue weighted by atomic mass is 16.5. The SMILES string of the molecule is CCC[C@H]1CC[C@H](CCC)N1C(=O)Cn1c2c(c3ccc(OC)cc31)CCC(C)(C)C2. The molecule has 0 unspecified atom stereocenters. The maximum atomic E-state index is 13.8. The second kappa shape index (κ2) is 8.88. The molecule has 1 aromatic carbocycles. The van der Waals surface area contributed by atoms with Crippen molar-refractivity contribution < 1.29 is 9.53 Å². The van der Waals surface area contributed by atoms with E-state index in [1.54, 1.807) is 7.11 Å². The number of rotatable bonds is 7. The molecular formula is C27H40N2O2. The lowest BCUT2D eigenvalue weighted by Gasteiger charge is -2.33. The standard InChI is InChI=1S/C27H40N2O2/c1-6-8-19-10-11-20(9-7-2)29(19)26(30)18-28-24-16-21(31-5)12-13-22(24)23-14-15-27(3,4)17-25(23)28/h12-13,16,19-20H,6-11,14-15,17-18H2,1-5H3/t19-,20-/m0/s1. The van der Waals surface area contributed by atoms with Crippen LogP contribution >= 0.6 is 0 Å². The van der Waals surface area contributed by atoms with E-state index in [-0.39, 0.29) is 5.41 Å². The minimum absolute atomic E-state index is 0.273. The van der Waals surface area contributed by atoms with Gasteiger partial charge in [0.15, 0.2) is 0 Å². The molecule has 1 saturated heterocycles. The molecule has 0 saturated carbocycles. The van der Waals surface area contributed by atoms with E-state index in [2.05, 4.69) is 55.4 Å². The molecule has 4 nitrogen and oxygen atoms in total. The first-order chi connectivity index (χ1) is 14.9. The summed E-state index contributed by atoms with van der Waals surface area (Å²) in [5, 5.41) is 1.30. The Morgan fingerprint density at radius 3 is 2.42 bits per heavy atom. The van der Waals surface area contributed by atoms with Gasteiger partial charge in [-0.2, -0.15) is 0 Å². The molecule has 1 fully saturated rings. The number of methoxy groups -OCH3 is 1. The second-order valence-corrected chi connectivity index (χ2v) is 10.5. The predicted molar refractivity (Wildman–Crippen MR) is 128 cm³/mol. The van der Waals surface area contributed by atoms with Gasteiger partial charge in [0, 0.05) is 29.2 Å². The zero-order chi connectivity index (χ0) is 22.2. The van der Waals surface area contributed by atoms with Crippen molar-refractivity contribution in [3.8, 4) is 5.75 Å². The van der Waals surface area contributed by atoms with Gasteiger partial charge in [-0.1, -0.05) is 40.5 Å². The van der Waals surface area contributed by atoms with Gasteiger partial charge in [0.1, 0.15) is 12.3 Å². The van der Waals surface area contributed by atoms with Gasteiger partial charge in [-0.05, 0) is 68.1 Å². The van der Waals surface area contributed by atoms with Crippen LogP contribution in [0.4, 0.5) is 0 Å². The summed E-state index contributed by atoms with van der Waals surface area (Å²) in [5.74, 6) is 1.17. The first kappa shape index (κ1) is 22.2. The number of aryl methyl sites for hydroxylation is 1. The zero-order valence-electron chi connectivity index (χ0n) is 20.2. The number of likely N-dealkylation sites (tertiary alicyclic amines) is 1. The van der Waals surface area contributed by atoms with Gasteiger partial charge in [-0.25, -0.2) is 0 Å². The van der Waals surface area contributed by atoms with E-state index < -0.39 is 0 Å². The average molecular weight is 425 g/mol. The number of carbonyl (C=O) groups excluding carboxylic acids is 1. The van der Waals surface area contributed by atoms with Crippen LogP contribution in [0.2, 0.25) is 0 Å². The third kappa shape index (κ3) is 4.23. The Kier molecular flexibility index (Phi) is 6.37. The molecule has 0 spiro atoms. The monoisotopic (exact) mass is 424 g/mol. The van der Waals surface area contributed by atoms with E-state index in [4.69, 9.17) is 4.74 Å². The molecule has 0 bridgehead atoms. The van der Waals surface area contributed by atoms with E-state index in [1.165, 1.54) is 23.1 Å². The number of amides is 1. The summed E-state index contributed by atoms with van der Waals surface area (Å²) in [6, 6.07) is 7.21. The zero-order valence-corrected chi connectivity index (χ0v) is 20.2. The highest BCUT2D eigenvalue weighted by Crippen LogP contribution is 2.41. The molecule has 0 radical (unpaired) electrons. The van der Waals surface area contributed by atoms with Crippen molar-refractivity contribution in [3.05, 3.63) is 29.5 Å². The van der Waals surface area contributed by atoms with Gasteiger partial charge in [-0.15, -0.1) is 0 Å². The summed E-state index contributed by atoms with van der Waals surface area (Å²) in [7, 11) is 1.72. The fraction of sp³-hybridized carbons (Fsp3) is 0.667. The van der Waals surface area contributed by atoms with E-state index in [1.807, 2.05) is 0 Å². The molecule has 2 atom stereocenters. The normalized spacial score (nSPS) is 22.7. The number of hydrogen-bond donors (Lipinski definition) is 0. The number of benzene rings is 1. The van der Waals surface area contributed by atoms with Crippen LogP contribution in [0.3, 0.4) is 0 Å². The summed E-state index contributed by atoms with van der Waals surface area (Å²) in [6.07, 6.45) is 10.2. The Labute approximate surface area is 187 Å². The smallest absolute Gasteiger partial charge is 0.243 e. The highest BCUT2D eigenvalue weighted by molar-refractivity contribution is 5.89. The Morgan fingerprint density at radius 1 is 1.13 bits per heavy atom. The summed E-state index contributed by atoms with van der Waals surface area (Å²) in [4.78, 5) is 16.1. The molecule has 0 N–H and O–H groups in total. The van der Waals surface area contributed by atoms with Crippen molar-refractivity contribution >= 4 is 16.8 Å². The van der Waals surface area contributed by atoms with Gasteiger partial charge < -0.3 is 14.2 Å². The Morgan fingerprint density at radius 2 is 1.81 bits per heavy atom. The molecule has 1 amide bonds. The Bertz CT molecular complexity index is 928. The van der Waals surface area contributed by atoms with E-state index in [9.17, 15) is 4.79 Å². The molecule has 1 aliphatic carbocycles. The number of hydrogen-bond acceptors (Lipinski definition) is 2. The van der Waals surface area contributed by atoms with Crippen LogP contribution in [0, 0.1) is 5.41 Å². The maximum Gasteiger partial charge on any atom is 0.243 e. The van der Waals surface area contributed by atoms with Crippen molar-refractivity contribution in [2.24, 2.45) is 5.41 Å². The fourth-order valence-electron chi connectivity index (χ4n) is 6.07. The van der Waals surface area contributed by atoms with Crippen LogP contribution in [0.25, 0.3) is 10.9 Å². The molecule has 2 aromatic rings. The number of fused-ring (bicyclic) bond motifs is 3. The molecule has 31 heavy (non-hydrogen) atoms. The van der Waals surface area contributed by atoms with Gasteiger partial charge in [-0.3, -0.25) is 4.79 Å². The summed E-state index contributed by atoms with van der Waals surface area (Å²) in [6.45, 7) is 9.64. The first-order valence-electron chi connectivity index (χ1n) is 12.4. The van der Waals surface area contributed by atoms with Gasteiger partial charge in [0.05, 0.1) is 12.6 Å². The Hall–Kier alpha value is -1.97. The molecule has 2 heterocycles. The topological polar surface area (TPSA) is 34.5 Å². The second-order valence-electron chi connectivity index (χ2n) is 10.5. The third-order valence-electron chi connectivity index (χ3n) is 7.64. The van der Waals surface area contributed by atoms with Crippen LogP contribution in [-0.4, -0.2) is 34.6 Å². The van der Waals surface area contributed by atoms with Crippen molar-refractivity contribution in [3.63, 3.8) is 0 Å². The summed E-state index contributed by atoms with van der Waals surface area (Å²) < 4.78 is 7.88. The first-order valence-corrected chi connectivity index (χ1v) is 12.4. The molecule has 4 heteroatoms. The van der Waals surface area contributed by atoms with Crippen LogP contribution in [0.5, 0.6) is 5.75 Å². The number of nitrogens with zero attached hydrogens (tertiary/aromatic N) is 2. The lowest BCUT2D eigenvalue weighted by atomic mass is 9.76. The average Bonchev–Trinajstić information content (AvgIpc) is 3.26. The molecular weight excluding hydrogens is 384 g/mol. The lowest BCUT2D eigenvalue weighted by molar-refractivity contribution is -0.135. The summed E-state index contributed by atoms with van der Waals surface area (Å²) >= 11 is 0. The highest BCUT2D eigenvalue weighted by Gasteiger charge is 2.37.